The third-order valence-corrected chi connectivity index (χ3v) is 4.99. The Morgan fingerprint density at radius 1 is 1.32 bits per heavy atom. The molecular weight excluding hydrogens is 254 g/mol. The molecular formula is C16H25NOS. The highest BCUT2D eigenvalue weighted by molar-refractivity contribution is 7.99. The van der Waals surface area contributed by atoms with Crippen LogP contribution in [0.2, 0.25) is 0 Å². The van der Waals surface area contributed by atoms with Gasteiger partial charge in [-0.15, -0.1) is 0 Å². The number of ether oxygens (including phenoxy) is 1. The number of hydrogen-bond acceptors (Lipinski definition) is 3. The predicted molar refractivity (Wildman–Crippen MR) is 84.1 cm³/mol. The topological polar surface area (TPSA) is 21.3 Å². The molecule has 1 aliphatic rings. The maximum absolute atomic E-state index is 5.48. The Kier molecular flexibility index (Phi) is 5.59. The molecule has 0 spiro atoms. The lowest BCUT2D eigenvalue weighted by molar-refractivity contribution is 0.340. The van der Waals surface area contributed by atoms with Gasteiger partial charge in [-0.1, -0.05) is 12.1 Å². The molecule has 1 aromatic carbocycles. The van der Waals surface area contributed by atoms with E-state index in [-0.39, 0.29) is 0 Å². The molecule has 3 unspecified atom stereocenters. The number of thioether (sulfide) groups is 1. The van der Waals surface area contributed by atoms with E-state index in [0.29, 0.717) is 12.1 Å². The van der Waals surface area contributed by atoms with E-state index in [9.17, 15) is 0 Å². The summed E-state index contributed by atoms with van der Waals surface area (Å²) in [6.45, 7) is 4.99. The molecule has 1 aliphatic carbocycles. The summed E-state index contributed by atoms with van der Waals surface area (Å²) in [5.41, 5.74) is 1.34. The second kappa shape index (κ2) is 7.20. The SMILES string of the molecule is CCOc1ccc(C(C)NC2CCC(SC)C2)cc1. The second-order valence-electron chi connectivity index (χ2n) is 5.26. The Balaban J connectivity index is 1.87. The zero-order valence-electron chi connectivity index (χ0n) is 12.2. The maximum Gasteiger partial charge on any atom is 0.119 e. The molecule has 1 N–H and O–H groups in total. The van der Waals surface area contributed by atoms with Gasteiger partial charge in [-0.25, -0.2) is 0 Å². The third-order valence-electron chi connectivity index (χ3n) is 3.89. The molecule has 106 valence electrons. The minimum absolute atomic E-state index is 0.418. The fraction of sp³-hybridized carbons (Fsp3) is 0.625. The quantitative estimate of drug-likeness (QED) is 0.850. The summed E-state index contributed by atoms with van der Waals surface area (Å²) in [6.07, 6.45) is 6.20. The Bertz CT molecular complexity index is 379. The van der Waals surface area contributed by atoms with Crippen molar-refractivity contribution in [2.75, 3.05) is 12.9 Å². The van der Waals surface area contributed by atoms with Crippen LogP contribution >= 0.6 is 11.8 Å². The van der Waals surface area contributed by atoms with Gasteiger partial charge in [0.05, 0.1) is 6.61 Å². The van der Waals surface area contributed by atoms with Crippen LogP contribution in [0.1, 0.15) is 44.7 Å². The van der Waals surface area contributed by atoms with Gasteiger partial charge in [0.2, 0.25) is 0 Å². The van der Waals surface area contributed by atoms with Gasteiger partial charge < -0.3 is 10.1 Å². The Hall–Kier alpha value is -0.670. The minimum Gasteiger partial charge on any atom is -0.494 e. The molecule has 1 saturated carbocycles. The molecule has 3 heteroatoms. The summed E-state index contributed by atoms with van der Waals surface area (Å²) in [4.78, 5) is 0. The van der Waals surface area contributed by atoms with Crippen molar-refractivity contribution in [1.29, 1.82) is 0 Å². The van der Waals surface area contributed by atoms with Crippen molar-refractivity contribution in [2.45, 2.75) is 50.4 Å². The van der Waals surface area contributed by atoms with Gasteiger partial charge in [-0.2, -0.15) is 11.8 Å². The standard InChI is InChI=1S/C16H25NOS/c1-4-18-15-8-5-13(6-9-15)12(2)17-14-7-10-16(11-14)19-3/h5-6,8-9,12,14,16-17H,4,7,10-11H2,1-3H3. The highest BCUT2D eigenvalue weighted by Gasteiger charge is 2.24. The van der Waals surface area contributed by atoms with Gasteiger partial charge in [0, 0.05) is 17.3 Å². The lowest BCUT2D eigenvalue weighted by Crippen LogP contribution is -2.29. The summed E-state index contributed by atoms with van der Waals surface area (Å²) in [7, 11) is 0. The van der Waals surface area contributed by atoms with E-state index >= 15 is 0 Å². The molecule has 0 radical (unpaired) electrons. The van der Waals surface area contributed by atoms with Crippen molar-refractivity contribution in [2.24, 2.45) is 0 Å². The molecule has 0 aromatic heterocycles. The van der Waals surface area contributed by atoms with E-state index in [0.717, 1.165) is 17.6 Å². The molecule has 0 saturated heterocycles. The van der Waals surface area contributed by atoms with Crippen LogP contribution in [0.15, 0.2) is 24.3 Å². The molecule has 3 atom stereocenters. The van der Waals surface area contributed by atoms with E-state index in [1.165, 1.54) is 24.8 Å². The molecule has 2 rings (SSSR count). The molecule has 0 amide bonds. The lowest BCUT2D eigenvalue weighted by Gasteiger charge is -2.20. The first kappa shape index (κ1) is 14.7. The van der Waals surface area contributed by atoms with Gasteiger partial charge in [-0.05, 0) is 57.1 Å². The summed E-state index contributed by atoms with van der Waals surface area (Å²) in [6, 6.07) is 9.57. The monoisotopic (exact) mass is 279 g/mol. The first-order valence-electron chi connectivity index (χ1n) is 7.24. The van der Waals surface area contributed by atoms with Crippen LogP contribution in [0, 0.1) is 0 Å². The summed E-state index contributed by atoms with van der Waals surface area (Å²) in [5.74, 6) is 0.960. The highest BCUT2D eigenvalue weighted by Crippen LogP contribution is 2.30. The first-order valence-corrected chi connectivity index (χ1v) is 8.53. The molecule has 0 aliphatic heterocycles. The number of benzene rings is 1. The summed E-state index contributed by atoms with van der Waals surface area (Å²) < 4.78 is 5.48. The second-order valence-corrected chi connectivity index (χ2v) is 6.40. The van der Waals surface area contributed by atoms with Crippen LogP contribution < -0.4 is 10.1 Å². The zero-order chi connectivity index (χ0) is 13.7. The molecule has 1 fully saturated rings. The van der Waals surface area contributed by atoms with E-state index in [1.54, 1.807) is 0 Å². The average Bonchev–Trinajstić information content (AvgIpc) is 2.87. The third kappa shape index (κ3) is 4.15. The number of nitrogens with one attached hydrogen (secondary N) is 1. The normalized spacial score (nSPS) is 24.4. The minimum atomic E-state index is 0.418. The van der Waals surface area contributed by atoms with Gasteiger partial charge in [0.15, 0.2) is 0 Å². The number of rotatable bonds is 6. The Morgan fingerprint density at radius 2 is 2.05 bits per heavy atom. The van der Waals surface area contributed by atoms with Crippen LogP contribution in [0.4, 0.5) is 0 Å². The fourth-order valence-electron chi connectivity index (χ4n) is 2.77. The van der Waals surface area contributed by atoms with Crippen LogP contribution in [0.5, 0.6) is 5.75 Å². The fourth-order valence-corrected chi connectivity index (χ4v) is 3.57. The molecule has 0 bridgehead atoms. The summed E-state index contributed by atoms with van der Waals surface area (Å²) in [5, 5.41) is 4.61. The van der Waals surface area contributed by atoms with Crippen molar-refractivity contribution in [3.05, 3.63) is 29.8 Å². The molecule has 19 heavy (non-hydrogen) atoms. The van der Waals surface area contributed by atoms with Crippen molar-refractivity contribution in [1.82, 2.24) is 5.32 Å². The van der Waals surface area contributed by atoms with Crippen LogP contribution in [-0.4, -0.2) is 24.2 Å². The van der Waals surface area contributed by atoms with E-state index in [4.69, 9.17) is 4.74 Å². The van der Waals surface area contributed by atoms with E-state index in [1.807, 2.05) is 18.7 Å². The first-order chi connectivity index (χ1) is 9.22. The molecule has 0 heterocycles. The Morgan fingerprint density at radius 3 is 2.63 bits per heavy atom. The van der Waals surface area contributed by atoms with Crippen LogP contribution in [0.25, 0.3) is 0 Å². The lowest BCUT2D eigenvalue weighted by atomic mass is 10.1. The van der Waals surface area contributed by atoms with Gasteiger partial charge in [0.25, 0.3) is 0 Å². The smallest absolute Gasteiger partial charge is 0.119 e. The Labute approximate surface area is 121 Å². The van der Waals surface area contributed by atoms with Crippen molar-refractivity contribution < 1.29 is 4.74 Å². The van der Waals surface area contributed by atoms with Crippen molar-refractivity contribution >= 4 is 11.8 Å². The van der Waals surface area contributed by atoms with Crippen molar-refractivity contribution in [3.8, 4) is 5.75 Å². The van der Waals surface area contributed by atoms with E-state index < -0.39 is 0 Å². The summed E-state index contributed by atoms with van der Waals surface area (Å²) >= 11 is 2.01. The van der Waals surface area contributed by atoms with Crippen molar-refractivity contribution in [3.63, 3.8) is 0 Å². The maximum atomic E-state index is 5.48. The van der Waals surface area contributed by atoms with Gasteiger partial charge in [0.1, 0.15) is 5.75 Å². The molecule has 1 aromatic rings. The average molecular weight is 279 g/mol. The van der Waals surface area contributed by atoms with Gasteiger partial charge >= 0.3 is 0 Å². The van der Waals surface area contributed by atoms with Crippen LogP contribution in [0.3, 0.4) is 0 Å². The predicted octanol–water partition coefficient (Wildman–Crippen LogP) is 4.02. The number of hydrogen-bond donors (Lipinski definition) is 1. The van der Waals surface area contributed by atoms with E-state index in [2.05, 4.69) is 42.8 Å². The largest absolute Gasteiger partial charge is 0.494 e. The van der Waals surface area contributed by atoms with Gasteiger partial charge in [-0.3, -0.25) is 0 Å². The zero-order valence-corrected chi connectivity index (χ0v) is 13.0. The highest BCUT2D eigenvalue weighted by atomic mass is 32.2. The molecule has 2 nitrogen and oxygen atoms in total. The van der Waals surface area contributed by atoms with Crippen LogP contribution in [-0.2, 0) is 0 Å².